The standard InChI is InChI=1S/C15H19FN4O/c1-11-10-14(19-13-6-4-12(16)5-7-13)20-15(18-11)17-8-3-9-21-2/h4-7,10H,3,8-9H2,1-2H3,(H2,17,18,19,20). The Morgan fingerprint density at radius 1 is 1.19 bits per heavy atom. The second-order valence-electron chi connectivity index (χ2n) is 4.62. The maximum Gasteiger partial charge on any atom is 0.224 e. The van der Waals surface area contributed by atoms with Gasteiger partial charge in [0.2, 0.25) is 5.95 Å². The highest BCUT2D eigenvalue weighted by molar-refractivity contribution is 5.57. The van der Waals surface area contributed by atoms with Crippen molar-refractivity contribution in [3.63, 3.8) is 0 Å². The third-order valence-corrected chi connectivity index (χ3v) is 2.78. The zero-order valence-electron chi connectivity index (χ0n) is 12.2. The third-order valence-electron chi connectivity index (χ3n) is 2.78. The summed E-state index contributed by atoms with van der Waals surface area (Å²) in [5.74, 6) is 0.971. The van der Waals surface area contributed by atoms with Crippen molar-refractivity contribution >= 4 is 17.5 Å². The van der Waals surface area contributed by atoms with Crippen molar-refractivity contribution in [2.45, 2.75) is 13.3 Å². The first-order valence-corrected chi connectivity index (χ1v) is 6.78. The summed E-state index contributed by atoms with van der Waals surface area (Å²) in [6.07, 6.45) is 0.883. The molecule has 0 saturated heterocycles. The van der Waals surface area contributed by atoms with Crippen LogP contribution in [0.1, 0.15) is 12.1 Å². The summed E-state index contributed by atoms with van der Waals surface area (Å²) in [4.78, 5) is 8.71. The lowest BCUT2D eigenvalue weighted by Crippen LogP contribution is -2.09. The van der Waals surface area contributed by atoms with Crippen molar-refractivity contribution < 1.29 is 9.13 Å². The second kappa shape index (κ2) is 7.54. The third kappa shape index (κ3) is 5.00. The van der Waals surface area contributed by atoms with Crippen LogP contribution in [0.4, 0.5) is 21.8 Å². The molecule has 6 heteroatoms. The SMILES string of the molecule is COCCCNc1nc(C)cc(Nc2ccc(F)cc2)n1. The van der Waals surface area contributed by atoms with Crippen molar-refractivity contribution in [2.75, 3.05) is 30.9 Å². The van der Waals surface area contributed by atoms with Gasteiger partial charge in [0.25, 0.3) is 0 Å². The fourth-order valence-electron chi connectivity index (χ4n) is 1.81. The van der Waals surface area contributed by atoms with Gasteiger partial charge in [-0.1, -0.05) is 0 Å². The number of ether oxygens (including phenoxy) is 1. The van der Waals surface area contributed by atoms with E-state index < -0.39 is 0 Å². The van der Waals surface area contributed by atoms with E-state index in [2.05, 4.69) is 20.6 Å². The summed E-state index contributed by atoms with van der Waals surface area (Å²) in [5, 5.41) is 6.28. The van der Waals surface area contributed by atoms with Crippen LogP contribution in [-0.4, -0.2) is 30.2 Å². The van der Waals surface area contributed by atoms with Crippen LogP contribution in [0.5, 0.6) is 0 Å². The Hall–Kier alpha value is -2.21. The van der Waals surface area contributed by atoms with Gasteiger partial charge in [0.1, 0.15) is 11.6 Å². The molecule has 1 heterocycles. The molecule has 0 fully saturated rings. The van der Waals surface area contributed by atoms with Crippen molar-refractivity contribution in [1.82, 2.24) is 9.97 Å². The Bertz CT molecular complexity index is 574. The summed E-state index contributed by atoms with van der Waals surface area (Å²) in [7, 11) is 1.67. The van der Waals surface area contributed by atoms with E-state index >= 15 is 0 Å². The Morgan fingerprint density at radius 2 is 1.95 bits per heavy atom. The zero-order chi connectivity index (χ0) is 15.1. The van der Waals surface area contributed by atoms with Gasteiger partial charge in [0.05, 0.1) is 0 Å². The number of benzene rings is 1. The predicted molar refractivity (Wildman–Crippen MR) is 81.4 cm³/mol. The zero-order valence-corrected chi connectivity index (χ0v) is 12.2. The number of hydrogen-bond donors (Lipinski definition) is 2. The van der Waals surface area contributed by atoms with E-state index in [0.717, 1.165) is 24.3 Å². The highest BCUT2D eigenvalue weighted by Crippen LogP contribution is 2.17. The van der Waals surface area contributed by atoms with E-state index in [-0.39, 0.29) is 5.82 Å². The first-order valence-electron chi connectivity index (χ1n) is 6.78. The minimum absolute atomic E-state index is 0.264. The van der Waals surface area contributed by atoms with Crippen LogP contribution < -0.4 is 10.6 Å². The average molecular weight is 290 g/mol. The van der Waals surface area contributed by atoms with Gasteiger partial charge < -0.3 is 15.4 Å². The Labute approximate surface area is 123 Å². The predicted octanol–water partition coefficient (Wildman–Crippen LogP) is 3.12. The molecule has 0 atom stereocenters. The fraction of sp³-hybridized carbons (Fsp3) is 0.333. The van der Waals surface area contributed by atoms with Gasteiger partial charge >= 0.3 is 0 Å². The van der Waals surface area contributed by atoms with Crippen LogP contribution >= 0.6 is 0 Å². The molecular weight excluding hydrogens is 271 g/mol. The summed E-state index contributed by atoms with van der Waals surface area (Å²) < 4.78 is 17.9. The highest BCUT2D eigenvalue weighted by Gasteiger charge is 2.03. The average Bonchev–Trinajstić information content (AvgIpc) is 2.46. The van der Waals surface area contributed by atoms with Crippen molar-refractivity contribution in [1.29, 1.82) is 0 Å². The van der Waals surface area contributed by atoms with Crippen LogP contribution in [0.3, 0.4) is 0 Å². The number of anilines is 3. The molecule has 112 valence electrons. The number of methoxy groups -OCH3 is 1. The summed E-state index contributed by atoms with van der Waals surface area (Å²) in [6, 6.07) is 7.97. The topological polar surface area (TPSA) is 59.1 Å². The summed E-state index contributed by atoms with van der Waals surface area (Å²) in [6.45, 7) is 3.34. The monoisotopic (exact) mass is 290 g/mol. The number of nitrogens with one attached hydrogen (secondary N) is 2. The molecule has 0 amide bonds. The van der Waals surface area contributed by atoms with Gasteiger partial charge in [-0.25, -0.2) is 9.37 Å². The molecule has 0 saturated carbocycles. The lowest BCUT2D eigenvalue weighted by molar-refractivity contribution is 0.197. The summed E-state index contributed by atoms with van der Waals surface area (Å²) in [5.41, 5.74) is 1.63. The molecule has 0 radical (unpaired) electrons. The van der Waals surface area contributed by atoms with Crippen LogP contribution in [0.2, 0.25) is 0 Å². The molecule has 1 aromatic heterocycles. The number of hydrogen-bond acceptors (Lipinski definition) is 5. The van der Waals surface area contributed by atoms with Gasteiger partial charge in [-0.2, -0.15) is 4.98 Å². The van der Waals surface area contributed by atoms with E-state index in [9.17, 15) is 4.39 Å². The van der Waals surface area contributed by atoms with E-state index in [0.29, 0.717) is 18.4 Å². The van der Waals surface area contributed by atoms with Gasteiger partial charge in [-0.05, 0) is 37.6 Å². The number of aromatic nitrogens is 2. The highest BCUT2D eigenvalue weighted by atomic mass is 19.1. The van der Waals surface area contributed by atoms with E-state index in [1.807, 2.05) is 13.0 Å². The molecule has 0 unspecified atom stereocenters. The van der Waals surface area contributed by atoms with Crippen molar-refractivity contribution in [2.24, 2.45) is 0 Å². The van der Waals surface area contributed by atoms with Gasteiger partial charge in [0, 0.05) is 37.7 Å². The van der Waals surface area contributed by atoms with E-state index in [1.54, 1.807) is 19.2 Å². The van der Waals surface area contributed by atoms with Gasteiger partial charge in [0.15, 0.2) is 0 Å². The summed E-state index contributed by atoms with van der Waals surface area (Å²) >= 11 is 0. The molecule has 0 aliphatic carbocycles. The molecule has 2 aromatic rings. The van der Waals surface area contributed by atoms with Crippen LogP contribution in [0, 0.1) is 12.7 Å². The van der Waals surface area contributed by atoms with Crippen LogP contribution in [-0.2, 0) is 4.74 Å². The molecule has 5 nitrogen and oxygen atoms in total. The molecule has 0 spiro atoms. The molecule has 2 N–H and O–H groups in total. The van der Waals surface area contributed by atoms with Crippen LogP contribution in [0.25, 0.3) is 0 Å². The van der Waals surface area contributed by atoms with E-state index in [4.69, 9.17) is 4.74 Å². The largest absolute Gasteiger partial charge is 0.385 e. The van der Waals surface area contributed by atoms with Gasteiger partial charge in [-0.3, -0.25) is 0 Å². The maximum absolute atomic E-state index is 12.9. The number of rotatable bonds is 7. The minimum Gasteiger partial charge on any atom is -0.385 e. The van der Waals surface area contributed by atoms with Gasteiger partial charge in [-0.15, -0.1) is 0 Å². The van der Waals surface area contributed by atoms with Crippen LogP contribution in [0.15, 0.2) is 30.3 Å². The van der Waals surface area contributed by atoms with Crippen molar-refractivity contribution in [3.05, 3.63) is 41.8 Å². The lowest BCUT2D eigenvalue weighted by Gasteiger charge is -2.10. The Kier molecular flexibility index (Phi) is 5.45. The molecule has 0 aliphatic heterocycles. The number of nitrogens with zero attached hydrogens (tertiary/aromatic N) is 2. The molecule has 2 rings (SSSR count). The smallest absolute Gasteiger partial charge is 0.224 e. The minimum atomic E-state index is -0.264. The maximum atomic E-state index is 12.9. The quantitative estimate of drug-likeness (QED) is 0.767. The first-order chi connectivity index (χ1) is 10.2. The number of aryl methyl sites for hydroxylation is 1. The Balaban J connectivity index is 2.02. The molecule has 0 aliphatic rings. The normalized spacial score (nSPS) is 10.4. The molecule has 0 bridgehead atoms. The fourth-order valence-corrected chi connectivity index (χ4v) is 1.81. The molecule has 21 heavy (non-hydrogen) atoms. The second-order valence-corrected chi connectivity index (χ2v) is 4.62. The van der Waals surface area contributed by atoms with E-state index in [1.165, 1.54) is 12.1 Å². The number of halogens is 1. The molecule has 1 aromatic carbocycles. The lowest BCUT2D eigenvalue weighted by atomic mass is 10.3. The Morgan fingerprint density at radius 3 is 2.67 bits per heavy atom. The first kappa shape index (κ1) is 15.2. The van der Waals surface area contributed by atoms with Crippen molar-refractivity contribution in [3.8, 4) is 0 Å². The molecular formula is C15H19FN4O.